The summed E-state index contributed by atoms with van der Waals surface area (Å²) < 4.78 is 0. The van der Waals surface area contributed by atoms with Gasteiger partial charge in [-0.3, -0.25) is 19.2 Å². The number of nitrogens with zero attached hydrogens (tertiary/aromatic N) is 2. The molecule has 0 radical (unpaired) electrons. The maximum absolute atomic E-state index is 12.4. The summed E-state index contributed by atoms with van der Waals surface area (Å²) in [6, 6.07) is -0.596. The summed E-state index contributed by atoms with van der Waals surface area (Å²) >= 11 is 1.09. The van der Waals surface area contributed by atoms with Gasteiger partial charge in [-0.15, -0.1) is 0 Å². The summed E-state index contributed by atoms with van der Waals surface area (Å²) in [5.74, 6) is -1.56. The maximum atomic E-state index is 12.4. The number of rotatable bonds is 6. The van der Waals surface area contributed by atoms with E-state index in [0.29, 0.717) is 18.7 Å². The fourth-order valence-electron chi connectivity index (χ4n) is 2.42. The number of aliphatic carboxylic acids is 1. The standard InChI is InChI=1S/C14H22N2O5S/c1-9(8-22-10(2)17)13(20)16-6-4-5-11(16)14(21)15(3)7-12(18)19/h9,11H,4-8H2,1-3H3,(H,18,19)/t9?,11-/m0/s1. The van der Waals surface area contributed by atoms with Crippen molar-refractivity contribution in [2.24, 2.45) is 5.92 Å². The zero-order valence-corrected chi connectivity index (χ0v) is 13.9. The Morgan fingerprint density at radius 3 is 2.55 bits per heavy atom. The van der Waals surface area contributed by atoms with Crippen molar-refractivity contribution >= 4 is 34.7 Å². The van der Waals surface area contributed by atoms with Gasteiger partial charge in [0.25, 0.3) is 0 Å². The van der Waals surface area contributed by atoms with E-state index in [1.807, 2.05) is 0 Å². The molecule has 1 aliphatic heterocycles. The van der Waals surface area contributed by atoms with Crippen LogP contribution in [0.1, 0.15) is 26.7 Å². The number of carboxylic acid groups (broad SMARTS) is 1. The van der Waals surface area contributed by atoms with Gasteiger partial charge in [0.2, 0.25) is 11.8 Å². The first-order chi connectivity index (χ1) is 10.2. The molecule has 2 atom stereocenters. The lowest BCUT2D eigenvalue weighted by atomic mass is 10.1. The third-order valence-corrected chi connectivity index (χ3v) is 4.60. The normalized spacial score (nSPS) is 18.9. The summed E-state index contributed by atoms with van der Waals surface area (Å²) in [5.41, 5.74) is 0. The number of likely N-dealkylation sites (tertiary alicyclic amines) is 1. The predicted octanol–water partition coefficient (Wildman–Crippen LogP) is 0.436. The van der Waals surface area contributed by atoms with E-state index < -0.39 is 12.0 Å². The van der Waals surface area contributed by atoms with E-state index in [2.05, 4.69) is 0 Å². The Balaban J connectivity index is 2.68. The minimum absolute atomic E-state index is 0.0464. The third kappa shape index (κ3) is 5.01. The molecule has 0 aromatic rings. The average Bonchev–Trinajstić information content (AvgIpc) is 2.91. The lowest BCUT2D eigenvalue weighted by molar-refractivity contribution is -0.148. The molecule has 1 rings (SSSR count). The molecular weight excluding hydrogens is 308 g/mol. The van der Waals surface area contributed by atoms with Crippen LogP contribution in [0.4, 0.5) is 0 Å². The zero-order valence-electron chi connectivity index (χ0n) is 13.1. The Bertz CT molecular complexity index is 468. The number of amides is 2. The van der Waals surface area contributed by atoms with Crippen LogP contribution in [0.15, 0.2) is 0 Å². The molecule has 1 aliphatic rings. The molecule has 1 unspecified atom stereocenters. The molecule has 1 fully saturated rings. The molecule has 0 aromatic heterocycles. The number of hydrogen-bond acceptors (Lipinski definition) is 5. The fourth-order valence-corrected chi connectivity index (χ4v) is 3.05. The molecule has 8 heteroatoms. The Labute approximate surface area is 134 Å². The van der Waals surface area contributed by atoms with Crippen LogP contribution in [-0.2, 0) is 19.2 Å². The number of carbonyl (C=O) groups excluding carboxylic acids is 3. The first-order valence-electron chi connectivity index (χ1n) is 7.14. The highest BCUT2D eigenvalue weighted by Crippen LogP contribution is 2.23. The Kier molecular flexibility index (Phi) is 6.86. The van der Waals surface area contributed by atoms with E-state index in [0.717, 1.165) is 23.1 Å². The van der Waals surface area contributed by atoms with E-state index in [9.17, 15) is 19.2 Å². The topological polar surface area (TPSA) is 95.0 Å². The van der Waals surface area contributed by atoms with Gasteiger partial charge in [-0.2, -0.15) is 0 Å². The Hall–Kier alpha value is -1.57. The fraction of sp³-hybridized carbons (Fsp3) is 0.714. The molecule has 0 aliphatic carbocycles. The van der Waals surface area contributed by atoms with Crippen molar-refractivity contribution in [3.8, 4) is 0 Å². The van der Waals surface area contributed by atoms with Crippen LogP contribution >= 0.6 is 11.8 Å². The highest BCUT2D eigenvalue weighted by atomic mass is 32.2. The predicted molar refractivity (Wildman–Crippen MR) is 82.3 cm³/mol. The van der Waals surface area contributed by atoms with Gasteiger partial charge < -0.3 is 14.9 Å². The van der Waals surface area contributed by atoms with Crippen molar-refractivity contribution in [2.45, 2.75) is 32.7 Å². The second kappa shape index (κ2) is 8.17. The number of carbonyl (C=O) groups is 4. The largest absolute Gasteiger partial charge is 0.480 e. The molecule has 1 saturated heterocycles. The molecule has 22 heavy (non-hydrogen) atoms. The Morgan fingerprint density at radius 1 is 1.36 bits per heavy atom. The van der Waals surface area contributed by atoms with E-state index >= 15 is 0 Å². The first kappa shape index (κ1) is 18.5. The summed E-state index contributed by atoms with van der Waals surface area (Å²) in [6.07, 6.45) is 1.26. The van der Waals surface area contributed by atoms with E-state index in [1.165, 1.54) is 18.9 Å². The SMILES string of the molecule is CC(=O)SCC(C)C(=O)N1CCC[C@H]1C(=O)N(C)CC(=O)O. The van der Waals surface area contributed by atoms with Crippen molar-refractivity contribution in [3.63, 3.8) is 0 Å². The molecule has 0 aromatic carbocycles. The number of thioether (sulfide) groups is 1. The molecule has 0 spiro atoms. The monoisotopic (exact) mass is 330 g/mol. The summed E-state index contributed by atoms with van der Waals surface area (Å²) in [5, 5.41) is 8.71. The van der Waals surface area contributed by atoms with Gasteiger partial charge in [0.15, 0.2) is 5.12 Å². The van der Waals surface area contributed by atoms with Crippen LogP contribution in [-0.4, -0.2) is 69.7 Å². The van der Waals surface area contributed by atoms with Crippen LogP contribution < -0.4 is 0 Å². The second-order valence-corrected chi connectivity index (χ2v) is 6.68. The van der Waals surface area contributed by atoms with Gasteiger partial charge in [-0.25, -0.2) is 0 Å². The molecule has 1 N–H and O–H groups in total. The van der Waals surface area contributed by atoms with E-state index in [1.54, 1.807) is 6.92 Å². The zero-order chi connectivity index (χ0) is 16.9. The van der Waals surface area contributed by atoms with Gasteiger partial charge in [-0.1, -0.05) is 18.7 Å². The van der Waals surface area contributed by atoms with Gasteiger partial charge in [0.05, 0.1) is 0 Å². The lowest BCUT2D eigenvalue weighted by Gasteiger charge is -2.29. The number of carboxylic acids is 1. The van der Waals surface area contributed by atoms with E-state index in [-0.39, 0.29) is 29.4 Å². The quantitative estimate of drug-likeness (QED) is 0.759. The molecule has 7 nitrogen and oxygen atoms in total. The summed E-state index contributed by atoms with van der Waals surface area (Å²) in [4.78, 5) is 49.0. The minimum Gasteiger partial charge on any atom is -0.480 e. The highest BCUT2D eigenvalue weighted by Gasteiger charge is 2.37. The maximum Gasteiger partial charge on any atom is 0.323 e. The third-order valence-electron chi connectivity index (χ3n) is 3.53. The van der Waals surface area contributed by atoms with Crippen LogP contribution in [0, 0.1) is 5.92 Å². The van der Waals surface area contributed by atoms with Crippen molar-refractivity contribution in [1.82, 2.24) is 9.80 Å². The highest BCUT2D eigenvalue weighted by molar-refractivity contribution is 8.13. The molecule has 0 saturated carbocycles. The van der Waals surface area contributed by atoms with E-state index in [4.69, 9.17) is 5.11 Å². The lowest BCUT2D eigenvalue weighted by Crippen LogP contribution is -2.49. The van der Waals surface area contributed by atoms with Crippen molar-refractivity contribution in [1.29, 1.82) is 0 Å². The van der Waals surface area contributed by atoms with Crippen LogP contribution in [0.3, 0.4) is 0 Å². The second-order valence-electron chi connectivity index (χ2n) is 5.48. The van der Waals surface area contributed by atoms with Crippen LogP contribution in [0.2, 0.25) is 0 Å². The van der Waals surface area contributed by atoms with Gasteiger partial charge >= 0.3 is 5.97 Å². The average molecular weight is 330 g/mol. The van der Waals surface area contributed by atoms with Crippen molar-refractivity contribution in [3.05, 3.63) is 0 Å². The number of likely N-dealkylation sites (N-methyl/N-ethyl adjacent to an activating group) is 1. The van der Waals surface area contributed by atoms with Crippen LogP contribution in [0.25, 0.3) is 0 Å². The smallest absolute Gasteiger partial charge is 0.323 e. The van der Waals surface area contributed by atoms with Gasteiger partial charge in [0.1, 0.15) is 12.6 Å². The van der Waals surface area contributed by atoms with Crippen molar-refractivity contribution < 1.29 is 24.3 Å². The number of hydrogen-bond donors (Lipinski definition) is 1. The van der Waals surface area contributed by atoms with Gasteiger partial charge in [0, 0.05) is 32.2 Å². The summed E-state index contributed by atoms with van der Waals surface area (Å²) in [6.45, 7) is 3.29. The Morgan fingerprint density at radius 2 is 2.00 bits per heavy atom. The molecule has 124 valence electrons. The van der Waals surface area contributed by atoms with Crippen molar-refractivity contribution in [2.75, 3.05) is 25.9 Å². The van der Waals surface area contributed by atoms with Gasteiger partial charge in [-0.05, 0) is 12.8 Å². The van der Waals surface area contributed by atoms with Crippen LogP contribution in [0.5, 0.6) is 0 Å². The summed E-state index contributed by atoms with van der Waals surface area (Å²) in [7, 11) is 1.42. The molecule has 1 heterocycles. The molecule has 2 amide bonds. The molecular formula is C14H22N2O5S. The first-order valence-corrected chi connectivity index (χ1v) is 8.13. The molecule has 0 bridgehead atoms. The minimum atomic E-state index is -1.09.